The van der Waals surface area contributed by atoms with Gasteiger partial charge in [0.1, 0.15) is 6.79 Å². The van der Waals surface area contributed by atoms with Gasteiger partial charge in [0.25, 0.3) is 0 Å². The first-order chi connectivity index (χ1) is 11.7. The minimum Gasteiger partial charge on any atom is -0.355 e. The predicted molar refractivity (Wildman–Crippen MR) is 109 cm³/mol. The third-order valence-corrected chi connectivity index (χ3v) is 7.09. The molecule has 0 unspecified atom stereocenters. The van der Waals surface area contributed by atoms with Crippen molar-refractivity contribution in [1.82, 2.24) is 0 Å². The van der Waals surface area contributed by atoms with Gasteiger partial charge in [-0.1, -0.05) is 73.5 Å². The molecular formula is C23H44O2. The molecule has 1 rings (SSSR count). The van der Waals surface area contributed by atoms with Crippen molar-refractivity contribution in [3.63, 3.8) is 0 Å². The van der Waals surface area contributed by atoms with Crippen LogP contribution in [0.5, 0.6) is 0 Å². The van der Waals surface area contributed by atoms with Gasteiger partial charge in [0, 0.05) is 5.92 Å². The summed E-state index contributed by atoms with van der Waals surface area (Å²) in [5.74, 6) is 4.59. The van der Waals surface area contributed by atoms with Gasteiger partial charge in [-0.05, 0) is 48.9 Å². The van der Waals surface area contributed by atoms with Gasteiger partial charge < -0.3 is 9.47 Å². The van der Waals surface area contributed by atoms with Gasteiger partial charge in [-0.15, -0.1) is 0 Å². The largest absolute Gasteiger partial charge is 0.355 e. The fraction of sp³-hybridized carbons (Fsp3) is 0.913. The van der Waals surface area contributed by atoms with E-state index in [0.29, 0.717) is 42.5 Å². The summed E-state index contributed by atoms with van der Waals surface area (Å²) in [6.07, 6.45) is 5.32. The highest BCUT2D eigenvalue weighted by Gasteiger charge is 2.33. The molecule has 148 valence electrons. The molecule has 0 amide bonds. The molecule has 1 heterocycles. The Morgan fingerprint density at radius 1 is 1.04 bits per heavy atom. The Bertz CT molecular complexity index is 403. The third kappa shape index (κ3) is 6.71. The van der Waals surface area contributed by atoms with Crippen LogP contribution in [0.25, 0.3) is 0 Å². The first-order valence-corrected chi connectivity index (χ1v) is 10.6. The molecule has 1 aliphatic heterocycles. The molecule has 0 spiro atoms. The molecule has 0 bridgehead atoms. The van der Waals surface area contributed by atoms with E-state index in [1.165, 1.54) is 12.8 Å². The van der Waals surface area contributed by atoms with Crippen LogP contribution in [0.1, 0.15) is 75.2 Å². The maximum atomic E-state index is 5.93. The normalized spacial score (nSPS) is 29.6. The molecule has 25 heavy (non-hydrogen) atoms. The van der Waals surface area contributed by atoms with E-state index in [1.54, 1.807) is 5.57 Å². The Labute approximate surface area is 157 Å². The standard InChI is InChI=1S/C23H44O2/c1-10-16(3)20(7)17(4)11-15(2)12-18(5)21(8)22(9)23-19(6)13-24-14-25-23/h11,16-23H,10,12-14H2,1-9H3/b15-11-/t16-,17-,18-,19-,20-,21+,22-,23-/m1/s1. The summed E-state index contributed by atoms with van der Waals surface area (Å²) in [7, 11) is 0. The molecule has 0 aromatic rings. The SMILES string of the molecule is CC[C@@H](C)[C@@H](C)[C@H](C)/C=C(/C)C[C@@H](C)[C@H](C)[C@@H](C)[C@@H]1OCOC[C@H]1C. The molecule has 0 aromatic carbocycles. The Balaban J connectivity index is 2.60. The lowest BCUT2D eigenvalue weighted by atomic mass is 9.76. The van der Waals surface area contributed by atoms with Gasteiger partial charge in [0.05, 0.1) is 12.7 Å². The van der Waals surface area contributed by atoms with Crippen molar-refractivity contribution in [1.29, 1.82) is 0 Å². The Kier molecular flexibility index (Phi) is 9.74. The molecular weight excluding hydrogens is 308 g/mol. The van der Waals surface area contributed by atoms with E-state index in [0.717, 1.165) is 18.4 Å². The van der Waals surface area contributed by atoms with Crippen LogP contribution in [-0.4, -0.2) is 19.5 Å². The number of ether oxygens (including phenoxy) is 2. The van der Waals surface area contributed by atoms with E-state index >= 15 is 0 Å². The van der Waals surface area contributed by atoms with E-state index in [4.69, 9.17) is 9.47 Å². The van der Waals surface area contributed by atoms with Crippen molar-refractivity contribution in [3.05, 3.63) is 11.6 Å². The highest BCUT2D eigenvalue weighted by atomic mass is 16.7. The molecule has 0 aromatic heterocycles. The van der Waals surface area contributed by atoms with Gasteiger partial charge in [0.2, 0.25) is 0 Å². The number of allylic oxidation sites excluding steroid dienone is 2. The van der Waals surface area contributed by atoms with Gasteiger partial charge in [0.15, 0.2) is 0 Å². The summed E-state index contributed by atoms with van der Waals surface area (Å²) in [6.45, 7) is 22.5. The zero-order chi connectivity index (χ0) is 19.1. The van der Waals surface area contributed by atoms with Gasteiger partial charge in [-0.2, -0.15) is 0 Å². The van der Waals surface area contributed by atoms with Crippen LogP contribution < -0.4 is 0 Å². The summed E-state index contributed by atoms with van der Waals surface area (Å²) in [6, 6.07) is 0. The fourth-order valence-electron chi connectivity index (χ4n) is 4.36. The second-order valence-electron chi connectivity index (χ2n) is 9.11. The summed E-state index contributed by atoms with van der Waals surface area (Å²) in [4.78, 5) is 0. The van der Waals surface area contributed by atoms with Crippen LogP contribution >= 0.6 is 0 Å². The zero-order valence-corrected chi connectivity index (χ0v) is 18.3. The summed E-state index contributed by atoms with van der Waals surface area (Å²) in [5.41, 5.74) is 1.55. The molecule has 1 fully saturated rings. The second kappa shape index (κ2) is 10.7. The second-order valence-corrected chi connectivity index (χ2v) is 9.11. The third-order valence-electron chi connectivity index (χ3n) is 7.09. The molecule has 8 atom stereocenters. The molecule has 1 aliphatic rings. The van der Waals surface area contributed by atoms with Crippen LogP contribution in [0.2, 0.25) is 0 Å². The quantitative estimate of drug-likeness (QED) is 0.437. The average molecular weight is 353 g/mol. The van der Waals surface area contributed by atoms with E-state index in [9.17, 15) is 0 Å². The molecule has 1 saturated heterocycles. The van der Waals surface area contributed by atoms with E-state index in [2.05, 4.69) is 68.4 Å². The molecule has 0 aliphatic carbocycles. The first kappa shape index (κ1) is 22.7. The van der Waals surface area contributed by atoms with E-state index in [-0.39, 0.29) is 0 Å². The lowest BCUT2D eigenvalue weighted by Gasteiger charge is -2.38. The van der Waals surface area contributed by atoms with Crippen molar-refractivity contribution in [2.45, 2.75) is 81.3 Å². The smallest absolute Gasteiger partial charge is 0.147 e. The fourth-order valence-corrected chi connectivity index (χ4v) is 4.36. The van der Waals surface area contributed by atoms with Crippen LogP contribution in [0.15, 0.2) is 11.6 Å². The average Bonchev–Trinajstić information content (AvgIpc) is 2.59. The van der Waals surface area contributed by atoms with Crippen LogP contribution in [0, 0.1) is 41.4 Å². The van der Waals surface area contributed by atoms with Gasteiger partial charge in [-0.3, -0.25) is 0 Å². The summed E-state index contributed by atoms with van der Waals surface area (Å²) < 4.78 is 11.4. The number of rotatable bonds is 9. The molecule has 0 radical (unpaired) electrons. The Hall–Kier alpha value is -0.340. The van der Waals surface area contributed by atoms with Crippen molar-refractivity contribution >= 4 is 0 Å². The van der Waals surface area contributed by atoms with Gasteiger partial charge >= 0.3 is 0 Å². The van der Waals surface area contributed by atoms with E-state index < -0.39 is 0 Å². The van der Waals surface area contributed by atoms with Crippen LogP contribution in [-0.2, 0) is 9.47 Å². The summed E-state index contributed by atoms with van der Waals surface area (Å²) in [5, 5.41) is 0. The molecule has 2 nitrogen and oxygen atoms in total. The first-order valence-electron chi connectivity index (χ1n) is 10.6. The molecule has 0 saturated carbocycles. The lowest BCUT2D eigenvalue weighted by molar-refractivity contribution is -0.187. The van der Waals surface area contributed by atoms with E-state index in [1.807, 2.05) is 0 Å². The monoisotopic (exact) mass is 352 g/mol. The topological polar surface area (TPSA) is 18.5 Å². The highest BCUT2D eigenvalue weighted by molar-refractivity contribution is 5.03. The van der Waals surface area contributed by atoms with Crippen molar-refractivity contribution < 1.29 is 9.47 Å². The maximum absolute atomic E-state index is 5.93. The van der Waals surface area contributed by atoms with Crippen molar-refractivity contribution in [3.8, 4) is 0 Å². The number of hydrogen-bond donors (Lipinski definition) is 0. The minimum atomic E-state index is 0.333. The summed E-state index contributed by atoms with van der Waals surface area (Å²) >= 11 is 0. The highest BCUT2D eigenvalue weighted by Crippen LogP contribution is 2.34. The predicted octanol–water partition coefficient (Wildman–Crippen LogP) is 6.56. The Morgan fingerprint density at radius 3 is 2.24 bits per heavy atom. The molecule has 0 N–H and O–H groups in total. The lowest BCUT2D eigenvalue weighted by Crippen LogP contribution is -2.40. The van der Waals surface area contributed by atoms with Crippen LogP contribution in [0.4, 0.5) is 0 Å². The van der Waals surface area contributed by atoms with Gasteiger partial charge in [-0.25, -0.2) is 0 Å². The van der Waals surface area contributed by atoms with Crippen molar-refractivity contribution in [2.75, 3.05) is 13.4 Å². The number of hydrogen-bond acceptors (Lipinski definition) is 2. The Morgan fingerprint density at radius 2 is 1.68 bits per heavy atom. The maximum Gasteiger partial charge on any atom is 0.147 e. The zero-order valence-electron chi connectivity index (χ0n) is 18.3. The molecule has 2 heteroatoms. The van der Waals surface area contributed by atoms with Crippen molar-refractivity contribution in [2.24, 2.45) is 41.4 Å². The minimum absolute atomic E-state index is 0.333. The van der Waals surface area contributed by atoms with Crippen LogP contribution in [0.3, 0.4) is 0 Å².